The van der Waals surface area contributed by atoms with E-state index in [1.54, 1.807) is 29.4 Å². The molecule has 1 aliphatic rings. The Morgan fingerprint density at radius 2 is 2.09 bits per heavy atom. The van der Waals surface area contributed by atoms with Gasteiger partial charge in [-0.2, -0.15) is 0 Å². The van der Waals surface area contributed by atoms with Gasteiger partial charge in [-0.3, -0.25) is 14.6 Å². The molecule has 2 heterocycles. The summed E-state index contributed by atoms with van der Waals surface area (Å²) in [5, 5.41) is 2.81. The van der Waals surface area contributed by atoms with Crippen LogP contribution in [0.5, 0.6) is 0 Å². The second-order valence-corrected chi connectivity index (χ2v) is 5.66. The van der Waals surface area contributed by atoms with E-state index in [0.29, 0.717) is 12.2 Å². The van der Waals surface area contributed by atoms with E-state index in [2.05, 4.69) is 17.2 Å². The Hall–Kier alpha value is -2.69. The number of benzene rings is 1. The van der Waals surface area contributed by atoms with Gasteiger partial charge in [-0.15, -0.1) is 0 Å². The topological polar surface area (TPSA) is 62.3 Å². The van der Waals surface area contributed by atoms with Crippen LogP contribution in [-0.2, 0) is 16.0 Å². The molecule has 2 aromatic rings. The molecule has 3 rings (SSSR count). The number of carbonyl (C=O) groups excluding carboxylic acids is 2. The third-order valence-electron chi connectivity index (χ3n) is 4.08. The number of rotatable bonds is 4. The molecular formula is C18H19N3O2. The molecule has 1 atom stereocenters. The van der Waals surface area contributed by atoms with Crippen LogP contribution in [0.15, 0.2) is 48.8 Å². The van der Waals surface area contributed by atoms with E-state index in [-0.39, 0.29) is 24.2 Å². The van der Waals surface area contributed by atoms with Crippen molar-refractivity contribution in [3.8, 4) is 0 Å². The minimum atomic E-state index is -0.339. The number of hydrogen-bond donors (Lipinski definition) is 1. The number of nitrogens with one attached hydrogen (secondary N) is 1. The molecule has 1 aliphatic heterocycles. The molecule has 118 valence electrons. The van der Waals surface area contributed by atoms with Crippen LogP contribution in [0, 0.1) is 5.92 Å². The fourth-order valence-corrected chi connectivity index (χ4v) is 2.73. The van der Waals surface area contributed by atoms with Crippen LogP contribution >= 0.6 is 0 Å². The summed E-state index contributed by atoms with van der Waals surface area (Å²) in [6.07, 6.45) is 4.44. The lowest BCUT2D eigenvalue weighted by Gasteiger charge is -2.17. The monoisotopic (exact) mass is 309 g/mol. The van der Waals surface area contributed by atoms with Gasteiger partial charge in [0.2, 0.25) is 11.8 Å². The first-order valence-electron chi connectivity index (χ1n) is 7.77. The maximum atomic E-state index is 12.3. The summed E-state index contributed by atoms with van der Waals surface area (Å²) < 4.78 is 0. The highest BCUT2D eigenvalue weighted by molar-refractivity contribution is 6.03. The minimum absolute atomic E-state index is 0.0133. The molecule has 5 heteroatoms. The highest BCUT2D eigenvalue weighted by Gasteiger charge is 2.35. The summed E-state index contributed by atoms with van der Waals surface area (Å²) in [5.74, 6) is -0.492. The number of amides is 2. The van der Waals surface area contributed by atoms with Crippen LogP contribution in [0.25, 0.3) is 0 Å². The highest BCUT2D eigenvalue weighted by Crippen LogP contribution is 2.26. The van der Waals surface area contributed by atoms with Gasteiger partial charge in [0, 0.05) is 24.8 Å². The standard InChI is InChI=1S/C18H19N3O2/c1-2-13-5-7-16(8-6-13)21-12-14(10-17(21)22)18(23)20-15-4-3-9-19-11-15/h3-9,11,14H,2,10,12H2,1H3,(H,20,23)/t14-/m0/s1. The van der Waals surface area contributed by atoms with Crippen molar-refractivity contribution in [2.24, 2.45) is 5.92 Å². The summed E-state index contributed by atoms with van der Waals surface area (Å²) in [7, 11) is 0. The van der Waals surface area contributed by atoms with E-state index in [0.717, 1.165) is 12.1 Å². The lowest BCUT2D eigenvalue weighted by molar-refractivity contribution is -0.122. The molecule has 0 aliphatic carbocycles. The summed E-state index contributed by atoms with van der Waals surface area (Å²) >= 11 is 0. The molecule has 0 bridgehead atoms. The van der Waals surface area contributed by atoms with Gasteiger partial charge in [0.05, 0.1) is 17.8 Å². The van der Waals surface area contributed by atoms with Crippen molar-refractivity contribution in [3.63, 3.8) is 0 Å². The smallest absolute Gasteiger partial charge is 0.229 e. The first-order chi connectivity index (χ1) is 11.2. The zero-order valence-corrected chi connectivity index (χ0v) is 13.0. The zero-order chi connectivity index (χ0) is 16.2. The summed E-state index contributed by atoms with van der Waals surface area (Å²) in [6.45, 7) is 2.51. The highest BCUT2D eigenvalue weighted by atomic mass is 16.2. The Labute approximate surface area is 135 Å². The lowest BCUT2D eigenvalue weighted by Crippen LogP contribution is -2.28. The maximum Gasteiger partial charge on any atom is 0.229 e. The predicted octanol–water partition coefficient (Wildman–Crippen LogP) is 2.64. The van der Waals surface area contributed by atoms with Crippen molar-refractivity contribution >= 4 is 23.2 Å². The predicted molar refractivity (Wildman–Crippen MR) is 89.1 cm³/mol. The molecule has 0 unspecified atom stereocenters. The molecule has 0 spiro atoms. The number of aromatic nitrogens is 1. The van der Waals surface area contributed by atoms with Gasteiger partial charge < -0.3 is 10.2 Å². The van der Waals surface area contributed by atoms with Crippen molar-refractivity contribution in [1.82, 2.24) is 4.98 Å². The Morgan fingerprint density at radius 1 is 1.30 bits per heavy atom. The molecule has 0 radical (unpaired) electrons. The first kappa shape index (κ1) is 15.2. The lowest BCUT2D eigenvalue weighted by atomic mass is 10.1. The molecule has 0 saturated carbocycles. The van der Waals surface area contributed by atoms with Gasteiger partial charge in [0.15, 0.2) is 0 Å². The number of nitrogens with zero attached hydrogens (tertiary/aromatic N) is 2. The molecule has 1 saturated heterocycles. The number of anilines is 2. The van der Waals surface area contributed by atoms with Crippen LogP contribution in [0.4, 0.5) is 11.4 Å². The second kappa shape index (κ2) is 6.60. The first-order valence-corrected chi connectivity index (χ1v) is 7.77. The summed E-state index contributed by atoms with van der Waals surface area (Å²) in [4.78, 5) is 30.2. The van der Waals surface area contributed by atoms with Gasteiger partial charge in [-0.1, -0.05) is 19.1 Å². The van der Waals surface area contributed by atoms with Crippen LogP contribution in [0.3, 0.4) is 0 Å². The quantitative estimate of drug-likeness (QED) is 0.944. The third-order valence-corrected chi connectivity index (χ3v) is 4.08. The average Bonchev–Trinajstić information content (AvgIpc) is 2.98. The van der Waals surface area contributed by atoms with E-state index in [9.17, 15) is 9.59 Å². The fraction of sp³-hybridized carbons (Fsp3) is 0.278. The number of hydrogen-bond acceptors (Lipinski definition) is 3. The van der Waals surface area contributed by atoms with Crippen LogP contribution < -0.4 is 10.2 Å². The summed E-state index contributed by atoms with van der Waals surface area (Å²) in [5.41, 5.74) is 2.73. The molecule has 1 fully saturated rings. The van der Waals surface area contributed by atoms with Gasteiger partial charge in [0.25, 0.3) is 0 Å². The van der Waals surface area contributed by atoms with Crippen molar-refractivity contribution in [2.75, 3.05) is 16.8 Å². The maximum absolute atomic E-state index is 12.3. The normalized spacial score (nSPS) is 17.3. The van der Waals surface area contributed by atoms with E-state index < -0.39 is 0 Å². The van der Waals surface area contributed by atoms with Gasteiger partial charge in [-0.05, 0) is 36.2 Å². The molecule has 23 heavy (non-hydrogen) atoms. The van der Waals surface area contributed by atoms with Crippen molar-refractivity contribution in [2.45, 2.75) is 19.8 Å². The van der Waals surface area contributed by atoms with Gasteiger partial charge >= 0.3 is 0 Å². The fourth-order valence-electron chi connectivity index (χ4n) is 2.73. The van der Waals surface area contributed by atoms with Crippen molar-refractivity contribution < 1.29 is 9.59 Å². The van der Waals surface area contributed by atoms with Gasteiger partial charge in [-0.25, -0.2) is 0 Å². The Bertz CT molecular complexity index is 698. The van der Waals surface area contributed by atoms with Crippen LogP contribution in [-0.4, -0.2) is 23.3 Å². The Balaban J connectivity index is 1.67. The molecular weight excluding hydrogens is 290 g/mol. The number of carbonyl (C=O) groups is 2. The molecule has 1 N–H and O–H groups in total. The minimum Gasteiger partial charge on any atom is -0.324 e. The SMILES string of the molecule is CCc1ccc(N2C[C@@H](C(=O)Nc3cccnc3)CC2=O)cc1. The van der Waals surface area contributed by atoms with Crippen molar-refractivity contribution in [3.05, 3.63) is 54.4 Å². The third kappa shape index (κ3) is 3.39. The molecule has 5 nitrogen and oxygen atoms in total. The molecule has 1 aromatic heterocycles. The van der Waals surface area contributed by atoms with E-state index in [1.807, 2.05) is 24.3 Å². The van der Waals surface area contributed by atoms with Crippen LogP contribution in [0.2, 0.25) is 0 Å². The Kier molecular flexibility index (Phi) is 4.37. The van der Waals surface area contributed by atoms with Crippen LogP contribution in [0.1, 0.15) is 18.9 Å². The van der Waals surface area contributed by atoms with E-state index in [1.165, 1.54) is 5.56 Å². The van der Waals surface area contributed by atoms with E-state index >= 15 is 0 Å². The number of pyridine rings is 1. The van der Waals surface area contributed by atoms with E-state index in [4.69, 9.17) is 0 Å². The number of aryl methyl sites for hydroxylation is 1. The summed E-state index contributed by atoms with van der Waals surface area (Å²) in [6, 6.07) is 11.5. The molecule has 2 amide bonds. The molecule has 1 aromatic carbocycles. The Morgan fingerprint density at radius 3 is 2.74 bits per heavy atom. The second-order valence-electron chi connectivity index (χ2n) is 5.66. The largest absolute Gasteiger partial charge is 0.324 e. The van der Waals surface area contributed by atoms with Gasteiger partial charge in [0.1, 0.15) is 0 Å². The van der Waals surface area contributed by atoms with Crippen molar-refractivity contribution in [1.29, 1.82) is 0 Å². The average molecular weight is 309 g/mol. The zero-order valence-electron chi connectivity index (χ0n) is 13.0.